The summed E-state index contributed by atoms with van der Waals surface area (Å²) < 4.78 is 0. The molecule has 1 saturated heterocycles. The minimum Gasteiger partial charge on any atom is -0.360 e. The standard InChI is InChI=1S/C12H14N4O4/c1-13-12(18)9-6-8(16(19)20)2-3-10(9)15-5-4-14-11(17)7-15/h2-3,6H,4-5,7H2,1H3,(H,13,18)(H,14,17). The maximum atomic E-state index is 11.9. The Morgan fingerprint density at radius 2 is 2.25 bits per heavy atom. The van der Waals surface area contributed by atoms with Crippen LogP contribution in [0.25, 0.3) is 0 Å². The smallest absolute Gasteiger partial charge is 0.270 e. The summed E-state index contributed by atoms with van der Waals surface area (Å²) in [5.74, 6) is -0.563. The molecule has 20 heavy (non-hydrogen) atoms. The SMILES string of the molecule is CNC(=O)c1cc([N+](=O)[O-])ccc1N1CCNC(=O)C1. The monoisotopic (exact) mass is 278 g/mol. The highest BCUT2D eigenvalue weighted by Crippen LogP contribution is 2.26. The van der Waals surface area contributed by atoms with Crippen molar-refractivity contribution < 1.29 is 14.5 Å². The first-order chi connectivity index (χ1) is 9.52. The van der Waals surface area contributed by atoms with Gasteiger partial charge in [-0.3, -0.25) is 19.7 Å². The molecule has 1 aliphatic heterocycles. The maximum Gasteiger partial charge on any atom is 0.270 e. The second-order valence-corrected chi connectivity index (χ2v) is 4.31. The van der Waals surface area contributed by atoms with Crippen molar-refractivity contribution in [3.8, 4) is 0 Å². The lowest BCUT2D eigenvalue weighted by atomic mass is 10.1. The Hall–Kier alpha value is -2.64. The zero-order valence-electron chi connectivity index (χ0n) is 10.9. The average molecular weight is 278 g/mol. The molecule has 8 heteroatoms. The van der Waals surface area contributed by atoms with Gasteiger partial charge in [-0.05, 0) is 6.07 Å². The van der Waals surface area contributed by atoms with E-state index in [0.717, 1.165) is 0 Å². The third kappa shape index (κ3) is 2.68. The topological polar surface area (TPSA) is 105 Å². The van der Waals surface area contributed by atoms with Gasteiger partial charge in [0, 0.05) is 32.3 Å². The first kappa shape index (κ1) is 13.8. The van der Waals surface area contributed by atoms with E-state index in [2.05, 4.69) is 10.6 Å². The Morgan fingerprint density at radius 3 is 2.85 bits per heavy atom. The second-order valence-electron chi connectivity index (χ2n) is 4.31. The van der Waals surface area contributed by atoms with E-state index in [4.69, 9.17) is 0 Å². The highest BCUT2D eigenvalue weighted by Gasteiger charge is 2.23. The molecule has 8 nitrogen and oxygen atoms in total. The number of benzene rings is 1. The summed E-state index contributed by atoms with van der Waals surface area (Å²) in [5.41, 5.74) is 0.551. The van der Waals surface area contributed by atoms with Crippen LogP contribution in [-0.2, 0) is 4.79 Å². The summed E-state index contributed by atoms with van der Waals surface area (Å²) in [5, 5.41) is 15.9. The van der Waals surface area contributed by atoms with Gasteiger partial charge >= 0.3 is 0 Å². The number of rotatable bonds is 3. The van der Waals surface area contributed by atoms with E-state index >= 15 is 0 Å². The largest absolute Gasteiger partial charge is 0.360 e. The van der Waals surface area contributed by atoms with Crippen molar-refractivity contribution in [3.05, 3.63) is 33.9 Å². The number of nitrogens with zero attached hydrogens (tertiary/aromatic N) is 2. The normalized spacial score (nSPS) is 14.7. The number of nitro benzene ring substituents is 1. The van der Waals surface area contributed by atoms with Crippen molar-refractivity contribution in [2.24, 2.45) is 0 Å². The van der Waals surface area contributed by atoms with Gasteiger partial charge in [0.1, 0.15) is 0 Å². The van der Waals surface area contributed by atoms with Gasteiger partial charge in [0.15, 0.2) is 0 Å². The summed E-state index contributed by atoms with van der Waals surface area (Å²) in [6.07, 6.45) is 0. The van der Waals surface area contributed by atoms with E-state index in [1.165, 1.54) is 25.2 Å². The third-order valence-corrected chi connectivity index (χ3v) is 3.04. The molecule has 2 rings (SSSR count). The molecule has 106 valence electrons. The lowest BCUT2D eigenvalue weighted by Gasteiger charge is -2.29. The Kier molecular flexibility index (Phi) is 3.83. The Morgan fingerprint density at radius 1 is 1.50 bits per heavy atom. The van der Waals surface area contributed by atoms with E-state index in [0.29, 0.717) is 18.8 Å². The average Bonchev–Trinajstić information content (AvgIpc) is 2.45. The molecule has 1 aliphatic rings. The maximum absolute atomic E-state index is 11.9. The molecule has 0 aromatic heterocycles. The number of nitrogens with one attached hydrogen (secondary N) is 2. The van der Waals surface area contributed by atoms with Crippen molar-refractivity contribution in [2.45, 2.75) is 0 Å². The summed E-state index contributed by atoms with van der Waals surface area (Å²) in [7, 11) is 1.45. The van der Waals surface area contributed by atoms with Crippen LogP contribution in [0, 0.1) is 10.1 Å². The number of non-ortho nitro benzene ring substituents is 1. The fraction of sp³-hybridized carbons (Fsp3) is 0.333. The molecule has 0 unspecified atom stereocenters. The Bertz CT molecular complexity index is 573. The molecular formula is C12H14N4O4. The van der Waals surface area contributed by atoms with Gasteiger partial charge in [-0.2, -0.15) is 0 Å². The lowest BCUT2D eigenvalue weighted by Crippen LogP contribution is -2.48. The number of anilines is 1. The molecule has 0 radical (unpaired) electrons. The summed E-state index contributed by atoms with van der Waals surface area (Å²) in [6, 6.07) is 4.05. The van der Waals surface area contributed by atoms with Crippen LogP contribution in [0.15, 0.2) is 18.2 Å². The van der Waals surface area contributed by atoms with Gasteiger partial charge in [0.05, 0.1) is 22.7 Å². The molecular weight excluding hydrogens is 264 g/mol. The highest BCUT2D eigenvalue weighted by atomic mass is 16.6. The molecule has 1 heterocycles. The van der Waals surface area contributed by atoms with Crippen molar-refractivity contribution in [3.63, 3.8) is 0 Å². The zero-order chi connectivity index (χ0) is 14.7. The molecule has 0 aliphatic carbocycles. The Balaban J connectivity index is 2.43. The summed E-state index contributed by atoms with van der Waals surface area (Å²) in [4.78, 5) is 35.3. The number of hydrogen-bond donors (Lipinski definition) is 2. The number of amides is 2. The molecule has 0 spiro atoms. The van der Waals surface area contributed by atoms with Crippen molar-refractivity contribution >= 4 is 23.2 Å². The van der Waals surface area contributed by atoms with E-state index in [1.807, 2.05) is 0 Å². The zero-order valence-corrected chi connectivity index (χ0v) is 10.9. The van der Waals surface area contributed by atoms with E-state index in [9.17, 15) is 19.7 Å². The first-order valence-electron chi connectivity index (χ1n) is 6.05. The minimum atomic E-state index is -0.556. The van der Waals surface area contributed by atoms with Crippen molar-refractivity contribution in [1.82, 2.24) is 10.6 Å². The number of hydrogen-bond acceptors (Lipinski definition) is 5. The van der Waals surface area contributed by atoms with Crippen LogP contribution in [0.5, 0.6) is 0 Å². The van der Waals surface area contributed by atoms with Crippen LogP contribution < -0.4 is 15.5 Å². The van der Waals surface area contributed by atoms with Crippen LogP contribution in [0.2, 0.25) is 0 Å². The Labute approximate surface area is 114 Å². The first-order valence-corrected chi connectivity index (χ1v) is 6.05. The fourth-order valence-corrected chi connectivity index (χ4v) is 2.07. The van der Waals surface area contributed by atoms with E-state index < -0.39 is 10.8 Å². The fourth-order valence-electron chi connectivity index (χ4n) is 2.07. The lowest BCUT2D eigenvalue weighted by molar-refractivity contribution is -0.384. The van der Waals surface area contributed by atoms with E-state index in [1.54, 1.807) is 4.90 Å². The van der Waals surface area contributed by atoms with Gasteiger partial charge < -0.3 is 15.5 Å². The number of nitro groups is 1. The molecule has 2 N–H and O–H groups in total. The second kappa shape index (κ2) is 5.55. The van der Waals surface area contributed by atoms with Crippen LogP contribution in [0.1, 0.15) is 10.4 Å². The van der Waals surface area contributed by atoms with Gasteiger partial charge in [-0.25, -0.2) is 0 Å². The van der Waals surface area contributed by atoms with Gasteiger partial charge in [0.25, 0.3) is 11.6 Å². The van der Waals surface area contributed by atoms with Crippen LogP contribution in [0.3, 0.4) is 0 Å². The summed E-state index contributed by atoms with van der Waals surface area (Å²) in [6.45, 7) is 1.15. The molecule has 1 aromatic carbocycles. The predicted octanol–water partition coefficient (Wildman–Crippen LogP) is -0.109. The molecule has 1 fully saturated rings. The molecule has 1 aromatic rings. The van der Waals surface area contributed by atoms with Gasteiger partial charge in [0.2, 0.25) is 5.91 Å². The van der Waals surface area contributed by atoms with Crippen molar-refractivity contribution in [2.75, 3.05) is 31.6 Å². The van der Waals surface area contributed by atoms with Gasteiger partial charge in [-0.15, -0.1) is 0 Å². The van der Waals surface area contributed by atoms with Crippen LogP contribution in [0.4, 0.5) is 11.4 Å². The number of piperazine rings is 1. The molecule has 0 bridgehead atoms. The number of carbonyl (C=O) groups is 2. The van der Waals surface area contributed by atoms with Crippen LogP contribution in [-0.4, -0.2) is 43.4 Å². The minimum absolute atomic E-state index is 0.127. The molecule has 0 saturated carbocycles. The molecule has 0 atom stereocenters. The van der Waals surface area contributed by atoms with Crippen LogP contribution >= 0.6 is 0 Å². The number of carbonyl (C=O) groups excluding carboxylic acids is 2. The van der Waals surface area contributed by atoms with Crippen molar-refractivity contribution in [1.29, 1.82) is 0 Å². The predicted molar refractivity (Wildman–Crippen MR) is 71.7 cm³/mol. The summed E-state index contributed by atoms with van der Waals surface area (Å²) >= 11 is 0. The quantitative estimate of drug-likeness (QED) is 0.593. The van der Waals surface area contributed by atoms with E-state index in [-0.39, 0.29) is 23.7 Å². The molecule has 2 amide bonds. The highest BCUT2D eigenvalue weighted by molar-refractivity contribution is 6.01. The third-order valence-electron chi connectivity index (χ3n) is 3.04. The van der Waals surface area contributed by atoms with Gasteiger partial charge in [-0.1, -0.05) is 0 Å².